The first kappa shape index (κ1) is 24.9. The Labute approximate surface area is 207 Å². The summed E-state index contributed by atoms with van der Waals surface area (Å²) in [6, 6.07) is 17.7. The molecule has 2 aromatic carbocycles. The zero-order valence-electron chi connectivity index (χ0n) is 20.7. The second kappa shape index (κ2) is 10.6. The standard InChI is InChI=1S/C28H35NO6/c1-27(2,3)35-26(31)29-16-14-24(25(30)20-29)21-10-12-23(13-11-21)32-17-7-15-28(33-18-19-34-28)22-8-5-4-6-9-22/h4-6,8-13,18-19,24-25,30H,7,14-17,20H2,1-3H3. The van der Waals surface area contributed by atoms with Gasteiger partial charge in [0.25, 0.3) is 5.79 Å². The maximum Gasteiger partial charge on any atom is 0.410 e. The number of carbonyl (C=O) groups excluding carboxylic acids is 1. The SMILES string of the molecule is CC(C)(C)OC(=O)N1CCC(c2ccc(OCCCC3(c4ccccc4)OC=CO3)cc2)C(O)C1. The van der Waals surface area contributed by atoms with Crippen LogP contribution in [0.25, 0.3) is 0 Å². The number of aliphatic hydroxyl groups excluding tert-OH is 1. The Morgan fingerprint density at radius 3 is 2.40 bits per heavy atom. The highest BCUT2D eigenvalue weighted by molar-refractivity contribution is 5.68. The molecule has 0 spiro atoms. The number of carbonyl (C=O) groups is 1. The van der Waals surface area contributed by atoms with Crippen LogP contribution < -0.4 is 4.74 Å². The van der Waals surface area contributed by atoms with Gasteiger partial charge in [-0.25, -0.2) is 4.79 Å². The van der Waals surface area contributed by atoms with E-state index in [-0.39, 0.29) is 18.6 Å². The van der Waals surface area contributed by atoms with Crippen molar-refractivity contribution < 1.29 is 28.8 Å². The number of nitrogens with zero attached hydrogens (tertiary/aromatic N) is 1. The van der Waals surface area contributed by atoms with E-state index in [0.29, 0.717) is 26.0 Å². The van der Waals surface area contributed by atoms with Crippen LogP contribution in [-0.4, -0.2) is 47.5 Å². The number of ether oxygens (including phenoxy) is 4. The van der Waals surface area contributed by atoms with Gasteiger partial charge in [-0.15, -0.1) is 0 Å². The molecule has 188 valence electrons. The molecule has 2 aliphatic heterocycles. The lowest BCUT2D eigenvalue weighted by Crippen LogP contribution is -2.47. The summed E-state index contributed by atoms with van der Waals surface area (Å²) >= 11 is 0. The zero-order chi connectivity index (χ0) is 24.9. The molecule has 0 saturated carbocycles. The number of rotatable bonds is 7. The number of hydrogen-bond donors (Lipinski definition) is 1. The normalized spacial score (nSPS) is 21.2. The number of hydrogen-bond acceptors (Lipinski definition) is 6. The van der Waals surface area contributed by atoms with Gasteiger partial charge in [0, 0.05) is 24.4 Å². The Kier molecular flexibility index (Phi) is 7.55. The van der Waals surface area contributed by atoms with Crippen molar-refractivity contribution in [1.29, 1.82) is 0 Å². The summed E-state index contributed by atoms with van der Waals surface area (Å²) in [5.74, 6) is -0.0501. The highest BCUT2D eigenvalue weighted by Crippen LogP contribution is 2.36. The van der Waals surface area contributed by atoms with Crippen molar-refractivity contribution in [3.63, 3.8) is 0 Å². The van der Waals surface area contributed by atoms with Crippen LogP contribution in [0.3, 0.4) is 0 Å². The molecule has 2 aliphatic rings. The zero-order valence-corrected chi connectivity index (χ0v) is 20.7. The van der Waals surface area contributed by atoms with Crippen molar-refractivity contribution in [1.82, 2.24) is 4.90 Å². The number of benzene rings is 2. The molecule has 2 unspecified atom stereocenters. The van der Waals surface area contributed by atoms with Gasteiger partial charge in [0.2, 0.25) is 0 Å². The van der Waals surface area contributed by atoms with E-state index in [1.54, 1.807) is 17.4 Å². The minimum absolute atomic E-state index is 0.0300. The minimum Gasteiger partial charge on any atom is -0.494 e. The second-order valence-corrected chi connectivity index (χ2v) is 10.0. The van der Waals surface area contributed by atoms with Gasteiger partial charge >= 0.3 is 6.09 Å². The van der Waals surface area contributed by atoms with Gasteiger partial charge in [-0.3, -0.25) is 0 Å². The van der Waals surface area contributed by atoms with Crippen LogP contribution in [0.4, 0.5) is 4.79 Å². The minimum atomic E-state index is -0.793. The Morgan fingerprint density at radius 1 is 1.09 bits per heavy atom. The van der Waals surface area contributed by atoms with E-state index in [0.717, 1.165) is 23.3 Å². The van der Waals surface area contributed by atoms with Crippen molar-refractivity contribution in [2.75, 3.05) is 19.7 Å². The summed E-state index contributed by atoms with van der Waals surface area (Å²) in [7, 11) is 0. The van der Waals surface area contributed by atoms with Crippen LogP contribution in [0.2, 0.25) is 0 Å². The lowest BCUT2D eigenvalue weighted by Gasteiger charge is -2.37. The number of β-amino-alcohol motifs (C(OH)–C–C–N with tert-alkyl or cyclic N) is 1. The molecule has 2 heterocycles. The van der Waals surface area contributed by atoms with Crippen molar-refractivity contribution >= 4 is 6.09 Å². The predicted molar refractivity (Wildman–Crippen MR) is 132 cm³/mol. The molecule has 7 heteroatoms. The Morgan fingerprint density at radius 2 is 1.77 bits per heavy atom. The van der Waals surface area contributed by atoms with E-state index in [1.165, 1.54) is 0 Å². The molecule has 2 aromatic rings. The fourth-order valence-corrected chi connectivity index (χ4v) is 4.51. The topological polar surface area (TPSA) is 77.5 Å². The van der Waals surface area contributed by atoms with E-state index in [4.69, 9.17) is 18.9 Å². The second-order valence-electron chi connectivity index (χ2n) is 10.0. The Balaban J connectivity index is 1.25. The summed E-state index contributed by atoms with van der Waals surface area (Å²) in [5, 5.41) is 10.7. The molecule has 4 rings (SSSR count). The first-order chi connectivity index (χ1) is 16.8. The molecule has 0 radical (unpaired) electrons. The average molecular weight is 482 g/mol. The molecule has 7 nitrogen and oxygen atoms in total. The highest BCUT2D eigenvalue weighted by atomic mass is 16.7. The highest BCUT2D eigenvalue weighted by Gasteiger charge is 2.37. The van der Waals surface area contributed by atoms with Crippen LogP contribution in [0.1, 0.15) is 57.1 Å². The predicted octanol–water partition coefficient (Wildman–Crippen LogP) is 5.30. The quantitative estimate of drug-likeness (QED) is 0.541. The molecule has 1 amide bonds. The van der Waals surface area contributed by atoms with Crippen LogP contribution in [0.5, 0.6) is 5.75 Å². The van der Waals surface area contributed by atoms with Crippen molar-refractivity contribution in [2.24, 2.45) is 0 Å². The van der Waals surface area contributed by atoms with E-state index in [1.807, 2.05) is 75.4 Å². The van der Waals surface area contributed by atoms with E-state index < -0.39 is 17.5 Å². The molecule has 1 fully saturated rings. The summed E-state index contributed by atoms with van der Waals surface area (Å²) in [6.07, 6.45) is 4.23. The summed E-state index contributed by atoms with van der Waals surface area (Å²) in [6.45, 7) is 6.86. The lowest BCUT2D eigenvalue weighted by atomic mass is 9.87. The fourth-order valence-electron chi connectivity index (χ4n) is 4.51. The first-order valence-corrected chi connectivity index (χ1v) is 12.2. The monoisotopic (exact) mass is 481 g/mol. The van der Waals surface area contributed by atoms with Gasteiger partial charge in [0.1, 0.15) is 23.9 Å². The number of likely N-dealkylation sites (tertiary alicyclic amines) is 1. The molecule has 1 saturated heterocycles. The largest absolute Gasteiger partial charge is 0.494 e. The van der Waals surface area contributed by atoms with E-state index in [9.17, 15) is 9.90 Å². The van der Waals surface area contributed by atoms with Crippen molar-refractivity contribution in [2.45, 2.75) is 63.4 Å². The molecule has 0 aromatic heterocycles. The first-order valence-electron chi connectivity index (χ1n) is 12.2. The summed E-state index contributed by atoms with van der Waals surface area (Å²) < 4.78 is 23.0. The fraction of sp³-hybridized carbons (Fsp3) is 0.464. The van der Waals surface area contributed by atoms with Crippen LogP contribution in [0.15, 0.2) is 67.1 Å². The lowest BCUT2D eigenvalue weighted by molar-refractivity contribution is -0.157. The number of amides is 1. The van der Waals surface area contributed by atoms with Crippen molar-refractivity contribution in [3.8, 4) is 5.75 Å². The molecule has 2 atom stereocenters. The summed E-state index contributed by atoms with van der Waals surface area (Å²) in [4.78, 5) is 13.9. The van der Waals surface area contributed by atoms with E-state index in [2.05, 4.69) is 0 Å². The Hall–Kier alpha value is -3.19. The van der Waals surface area contributed by atoms with Gasteiger partial charge in [0.05, 0.1) is 19.3 Å². The molecular formula is C28H35NO6. The maximum atomic E-state index is 12.3. The smallest absolute Gasteiger partial charge is 0.410 e. The van der Waals surface area contributed by atoms with Gasteiger partial charge in [-0.1, -0.05) is 42.5 Å². The average Bonchev–Trinajstić information content (AvgIpc) is 3.32. The Bertz CT molecular complexity index is 990. The molecular weight excluding hydrogens is 446 g/mol. The molecule has 0 bridgehead atoms. The van der Waals surface area contributed by atoms with Gasteiger partial charge in [-0.05, 0) is 51.3 Å². The molecule has 0 aliphatic carbocycles. The van der Waals surface area contributed by atoms with Crippen molar-refractivity contribution in [3.05, 3.63) is 78.2 Å². The van der Waals surface area contributed by atoms with Crippen LogP contribution in [0, 0.1) is 0 Å². The van der Waals surface area contributed by atoms with Crippen LogP contribution >= 0.6 is 0 Å². The third kappa shape index (κ3) is 6.28. The number of aliphatic hydroxyl groups is 1. The van der Waals surface area contributed by atoms with E-state index >= 15 is 0 Å². The molecule has 35 heavy (non-hydrogen) atoms. The van der Waals surface area contributed by atoms with Gasteiger partial charge in [0.15, 0.2) is 0 Å². The number of piperidine rings is 1. The maximum absolute atomic E-state index is 12.3. The van der Waals surface area contributed by atoms with Crippen LogP contribution in [-0.2, 0) is 20.0 Å². The third-order valence-electron chi connectivity index (χ3n) is 6.25. The third-order valence-corrected chi connectivity index (χ3v) is 6.25. The molecule has 1 N–H and O–H groups in total. The van der Waals surface area contributed by atoms with Gasteiger partial charge < -0.3 is 29.0 Å². The summed E-state index contributed by atoms with van der Waals surface area (Å²) in [5.41, 5.74) is 1.46. The van der Waals surface area contributed by atoms with Gasteiger partial charge in [-0.2, -0.15) is 0 Å².